The van der Waals surface area contributed by atoms with Crippen LogP contribution in [0.25, 0.3) is 0 Å². The molecule has 3 aromatic rings. The molecule has 37 heavy (non-hydrogen) atoms. The van der Waals surface area contributed by atoms with Crippen LogP contribution in [0.3, 0.4) is 0 Å². The van der Waals surface area contributed by atoms with Gasteiger partial charge in [0, 0.05) is 11.1 Å². The molecule has 0 saturated carbocycles. The third-order valence-corrected chi connectivity index (χ3v) is 6.30. The molecule has 0 heterocycles. The molecule has 3 rings (SSSR count). The van der Waals surface area contributed by atoms with E-state index < -0.39 is 41.7 Å². The van der Waals surface area contributed by atoms with E-state index in [1.165, 1.54) is 0 Å². The zero-order valence-corrected chi connectivity index (χ0v) is 21.7. The second kappa shape index (κ2) is 12.7. The van der Waals surface area contributed by atoms with E-state index in [1.54, 1.807) is 30.3 Å². The Morgan fingerprint density at radius 1 is 0.865 bits per heavy atom. The number of carbonyl (C=O) groups is 2. The van der Waals surface area contributed by atoms with Crippen LogP contribution in [0.15, 0.2) is 65.5 Å². The van der Waals surface area contributed by atoms with E-state index >= 15 is 0 Å². The second-order valence-electron chi connectivity index (χ2n) is 10.1. The van der Waals surface area contributed by atoms with Crippen molar-refractivity contribution in [1.82, 2.24) is 10.6 Å². The van der Waals surface area contributed by atoms with Gasteiger partial charge in [0.1, 0.15) is 24.9 Å². The average molecular weight is 509 g/mol. The Kier molecular flexibility index (Phi) is 9.60. The Labute approximate surface area is 217 Å². The minimum Gasteiger partial charge on any atom is -0.445 e. The summed E-state index contributed by atoms with van der Waals surface area (Å²) < 4.78 is 5.28. The standard InChI is InChI=1S/C29H36N2O6/c1-17(2)15-21(30-29(36)37-16-19-11-7-5-8-12-19)28(35)31-24(18(3)4)27(34)23-22(26(23)33)25(32)20-13-9-6-10-14-20/h5-14,17-18,21,24-25,27,32,34H,15-16H2,1-4H3,(H,30,36)(H,31,35)/t21?,24-,25?,27?/m0/s1. The summed E-state index contributed by atoms with van der Waals surface area (Å²) in [6.07, 6.45) is -2.81. The van der Waals surface area contributed by atoms with Crippen LogP contribution >= 0.6 is 0 Å². The summed E-state index contributed by atoms with van der Waals surface area (Å²) >= 11 is 0. The number of hydrogen-bond acceptors (Lipinski definition) is 6. The van der Waals surface area contributed by atoms with Gasteiger partial charge in [0.05, 0.1) is 6.04 Å². The van der Waals surface area contributed by atoms with Crippen LogP contribution in [0.2, 0.25) is 0 Å². The third-order valence-electron chi connectivity index (χ3n) is 6.30. The fourth-order valence-electron chi connectivity index (χ4n) is 4.23. The maximum Gasteiger partial charge on any atom is 0.408 e. The van der Waals surface area contributed by atoms with Crippen LogP contribution < -0.4 is 16.1 Å². The summed E-state index contributed by atoms with van der Waals surface area (Å²) in [4.78, 5) is 38.2. The van der Waals surface area contributed by atoms with Crippen LogP contribution in [0, 0.1) is 11.8 Å². The molecule has 0 fully saturated rings. The van der Waals surface area contributed by atoms with E-state index in [-0.39, 0.29) is 29.6 Å². The Balaban J connectivity index is 1.68. The number of ether oxygens (including phenoxy) is 1. The monoisotopic (exact) mass is 508 g/mol. The Morgan fingerprint density at radius 3 is 2.03 bits per heavy atom. The maximum atomic E-state index is 13.2. The number of aliphatic hydroxyl groups is 2. The SMILES string of the molecule is CC(C)CC(NC(=O)OCc1ccccc1)C(=O)N[C@@H](C(C)C)C(O)c1c(C(O)c2ccccc2)c1=O. The highest BCUT2D eigenvalue weighted by molar-refractivity contribution is 5.86. The van der Waals surface area contributed by atoms with Crippen molar-refractivity contribution in [1.29, 1.82) is 0 Å². The first kappa shape index (κ1) is 28.1. The first-order valence-electron chi connectivity index (χ1n) is 12.6. The average Bonchev–Trinajstić information content (AvgIpc) is 3.55. The van der Waals surface area contributed by atoms with Crippen molar-refractivity contribution >= 4 is 12.0 Å². The highest BCUT2D eigenvalue weighted by atomic mass is 16.5. The number of amides is 2. The lowest BCUT2D eigenvalue weighted by atomic mass is 9.94. The molecule has 0 spiro atoms. The second-order valence-corrected chi connectivity index (χ2v) is 10.1. The largest absolute Gasteiger partial charge is 0.445 e. The van der Waals surface area contributed by atoms with Crippen LogP contribution in [0.1, 0.15) is 68.6 Å². The van der Waals surface area contributed by atoms with Gasteiger partial charge in [-0.1, -0.05) is 88.4 Å². The molecule has 0 aliphatic carbocycles. The summed E-state index contributed by atoms with van der Waals surface area (Å²) in [5.74, 6) is -0.630. The Morgan fingerprint density at radius 2 is 1.46 bits per heavy atom. The fourth-order valence-corrected chi connectivity index (χ4v) is 4.23. The van der Waals surface area contributed by atoms with Gasteiger partial charge in [-0.15, -0.1) is 0 Å². The molecule has 8 nitrogen and oxygen atoms in total. The van der Waals surface area contributed by atoms with E-state index in [1.807, 2.05) is 58.0 Å². The van der Waals surface area contributed by atoms with Gasteiger partial charge in [0.15, 0.2) is 5.43 Å². The molecule has 3 unspecified atom stereocenters. The molecular formula is C29H36N2O6. The molecule has 0 bridgehead atoms. The first-order valence-corrected chi connectivity index (χ1v) is 12.6. The zero-order chi connectivity index (χ0) is 27.1. The predicted molar refractivity (Wildman–Crippen MR) is 140 cm³/mol. The topological polar surface area (TPSA) is 125 Å². The van der Waals surface area contributed by atoms with E-state index in [0.29, 0.717) is 12.0 Å². The maximum absolute atomic E-state index is 13.2. The molecule has 0 aliphatic rings. The minimum atomic E-state index is -1.30. The summed E-state index contributed by atoms with van der Waals surface area (Å²) in [6.45, 7) is 7.55. The van der Waals surface area contributed by atoms with Gasteiger partial charge < -0.3 is 25.6 Å². The number of carbonyl (C=O) groups excluding carboxylic acids is 2. The van der Waals surface area contributed by atoms with Crippen LogP contribution in [0.4, 0.5) is 4.79 Å². The molecule has 4 N–H and O–H groups in total. The quantitative estimate of drug-likeness (QED) is 0.297. The van der Waals surface area contributed by atoms with Crippen molar-refractivity contribution in [2.45, 2.75) is 65.0 Å². The molecule has 2 amide bonds. The van der Waals surface area contributed by atoms with E-state index in [2.05, 4.69) is 10.6 Å². The molecule has 8 heteroatoms. The van der Waals surface area contributed by atoms with Crippen molar-refractivity contribution in [3.63, 3.8) is 0 Å². The minimum absolute atomic E-state index is 0.0683. The lowest BCUT2D eigenvalue weighted by molar-refractivity contribution is -0.125. The lowest BCUT2D eigenvalue weighted by Gasteiger charge is -2.29. The number of alkyl carbamates (subject to hydrolysis) is 1. The summed E-state index contributed by atoms with van der Waals surface area (Å²) in [5.41, 5.74) is 1.24. The number of rotatable bonds is 12. The number of benzene rings is 2. The van der Waals surface area contributed by atoms with E-state index in [0.717, 1.165) is 5.56 Å². The molecule has 0 aromatic heterocycles. The predicted octanol–water partition coefficient (Wildman–Crippen LogP) is 3.52. The summed E-state index contributed by atoms with van der Waals surface area (Å²) in [6, 6.07) is 16.2. The number of hydrogen-bond donors (Lipinski definition) is 4. The highest BCUT2D eigenvalue weighted by Gasteiger charge is 2.40. The fraction of sp³-hybridized carbons (Fsp3) is 0.414. The smallest absolute Gasteiger partial charge is 0.408 e. The van der Waals surface area contributed by atoms with Gasteiger partial charge in [-0.25, -0.2) is 4.79 Å². The van der Waals surface area contributed by atoms with E-state index in [9.17, 15) is 24.6 Å². The zero-order valence-electron chi connectivity index (χ0n) is 21.7. The molecule has 0 saturated heterocycles. The molecule has 0 radical (unpaired) electrons. The van der Waals surface area contributed by atoms with Gasteiger partial charge in [-0.3, -0.25) is 9.59 Å². The van der Waals surface area contributed by atoms with Crippen molar-refractivity contribution in [3.8, 4) is 0 Å². The van der Waals surface area contributed by atoms with Crippen molar-refractivity contribution in [2.24, 2.45) is 11.8 Å². The van der Waals surface area contributed by atoms with Gasteiger partial charge >= 0.3 is 6.09 Å². The third kappa shape index (κ3) is 7.50. The molecular weight excluding hydrogens is 472 g/mol. The van der Waals surface area contributed by atoms with Gasteiger partial charge in [-0.2, -0.15) is 0 Å². The number of nitrogens with one attached hydrogen (secondary N) is 2. The van der Waals surface area contributed by atoms with Gasteiger partial charge in [0.2, 0.25) is 5.91 Å². The molecule has 4 atom stereocenters. The highest BCUT2D eigenvalue weighted by Crippen LogP contribution is 2.33. The number of aliphatic hydroxyl groups excluding tert-OH is 2. The van der Waals surface area contributed by atoms with Crippen molar-refractivity contribution in [2.75, 3.05) is 0 Å². The van der Waals surface area contributed by atoms with E-state index in [4.69, 9.17) is 4.74 Å². The Hall–Kier alpha value is -3.49. The van der Waals surface area contributed by atoms with Crippen LogP contribution in [-0.4, -0.2) is 34.3 Å². The van der Waals surface area contributed by atoms with Crippen LogP contribution in [0.5, 0.6) is 0 Å². The molecule has 0 aliphatic heterocycles. The van der Waals surface area contributed by atoms with Gasteiger partial charge in [0.25, 0.3) is 0 Å². The van der Waals surface area contributed by atoms with Gasteiger partial charge in [-0.05, 0) is 29.4 Å². The summed E-state index contributed by atoms with van der Waals surface area (Å²) in [5, 5.41) is 27.1. The summed E-state index contributed by atoms with van der Waals surface area (Å²) in [7, 11) is 0. The first-order chi connectivity index (χ1) is 17.6. The molecule has 3 aromatic carbocycles. The van der Waals surface area contributed by atoms with Crippen molar-refractivity contribution < 1.29 is 24.5 Å². The normalized spacial score (nSPS) is 14.8. The Bertz CT molecular complexity index is 1170. The lowest BCUT2D eigenvalue weighted by Crippen LogP contribution is -2.52. The van der Waals surface area contributed by atoms with Crippen molar-refractivity contribution in [3.05, 3.63) is 93.1 Å². The molecule has 198 valence electrons. The van der Waals surface area contributed by atoms with Crippen LogP contribution in [-0.2, 0) is 16.1 Å².